The predicted octanol–water partition coefficient (Wildman–Crippen LogP) is 2.13. The Labute approximate surface area is 96.2 Å². The Morgan fingerprint density at radius 1 is 1.33 bits per heavy atom. The Hall–Kier alpha value is -0.860. The lowest BCUT2D eigenvalue weighted by Gasteiger charge is -2.05. The van der Waals surface area contributed by atoms with Gasteiger partial charge in [-0.2, -0.15) is 0 Å². The van der Waals surface area contributed by atoms with Gasteiger partial charge in [-0.25, -0.2) is 0 Å². The van der Waals surface area contributed by atoms with Crippen molar-refractivity contribution in [2.24, 2.45) is 11.8 Å². The van der Waals surface area contributed by atoms with Gasteiger partial charge >= 0.3 is 0 Å². The Kier molecular flexibility index (Phi) is 3.08. The van der Waals surface area contributed by atoms with Gasteiger partial charge in [-0.1, -0.05) is 12.1 Å². The lowest BCUT2D eigenvalue weighted by atomic mass is 9.99. The average Bonchev–Trinajstić information content (AvgIpc) is 2.78. The minimum absolute atomic E-state index is 0. The van der Waals surface area contributed by atoms with Crippen LogP contribution >= 0.6 is 12.4 Å². The molecule has 1 aromatic heterocycles. The van der Waals surface area contributed by atoms with E-state index in [1.54, 1.807) is 0 Å². The van der Waals surface area contributed by atoms with E-state index in [2.05, 4.69) is 22.4 Å². The molecule has 1 saturated heterocycles. The maximum Gasteiger partial charge on any atom is 0.0342 e. The number of nitrogens with one attached hydrogen (secondary N) is 1. The average molecular weight is 223 g/mol. The lowest BCUT2D eigenvalue weighted by Crippen LogP contribution is -2.09. The highest BCUT2D eigenvalue weighted by atomic mass is 35.5. The lowest BCUT2D eigenvalue weighted by molar-refractivity contribution is 0.536. The zero-order valence-corrected chi connectivity index (χ0v) is 9.33. The summed E-state index contributed by atoms with van der Waals surface area (Å²) in [5, 5.41) is 3.44. The van der Waals surface area contributed by atoms with E-state index in [1.165, 1.54) is 24.1 Å². The second kappa shape index (κ2) is 4.33. The third-order valence-electron chi connectivity index (χ3n) is 3.32. The van der Waals surface area contributed by atoms with Crippen LogP contribution in [0.4, 0.5) is 0 Å². The molecule has 0 saturated carbocycles. The first-order valence-electron chi connectivity index (χ1n) is 5.25. The van der Waals surface area contributed by atoms with Crippen molar-refractivity contribution in [2.45, 2.75) is 6.42 Å². The van der Waals surface area contributed by atoms with E-state index in [0.29, 0.717) is 0 Å². The molecule has 2 atom stereocenters. The molecule has 1 aliphatic carbocycles. The molecule has 0 amide bonds. The fourth-order valence-electron chi connectivity index (χ4n) is 2.55. The summed E-state index contributed by atoms with van der Waals surface area (Å²) in [6, 6.07) is 4.18. The van der Waals surface area contributed by atoms with E-state index >= 15 is 0 Å². The number of halogens is 1. The van der Waals surface area contributed by atoms with Crippen LogP contribution in [0.15, 0.2) is 30.6 Å². The number of fused-ring (bicyclic) bond motifs is 1. The zero-order valence-electron chi connectivity index (χ0n) is 8.52. The summed E-state index contributed by atoms with van der Waals surface area (Å²) in [7, 11) is 0. The normalized spacial score (nSPS) is 28.1. The molecule has 3 heteroatoms. The fraction of sp³-hybridized carbons (Fsp3) is 0.417. The molecule has 0 spiro atoms. The first-order chi connectivity index (χ1) is 6.93. The third kappa shape index (κ3) is 1.92. The van der Waals surface area contributed by atoms with Crippen LogP contribution in [0.5, 0.6) is 0 Å². The van der Waals surface area contributed by atoms with Crippen LogP contribution < -0.4 is 5.32 Å². The first kappa shape index (κ1) is 10.7. The Morgan fingerprint density at radius 3 is 3.00 bits per heavy atom. The molecule has 80 valence electrons. The summed E-state index contributed by atoms with van der Waals surface area (Å²) < 4.78 is 0. The van der Waals surface area contributed by atoms with E-state index in [9.17, 15) is 0 Å². The Balaban J connectivity index is 0.000000853. The molecule has 15 heavy (non-hydrogen) atoms. The van der Waals surface area contributed by atoms with Gasteiger partial charge in [0.25, 0.3) is 0 Å². The smallest absolute Gasteiger partial charge is 0.0342 e. The standard InChI is InChI=1S/C12H14N2.ClH/c1-2-9(6-13-3-1)10-4-11-7-14-8-12(11)5-10;/h1-4,6,11-12,14H,5,7-8H2;1H/t11-,12+;/m0./s1. The zero-order chi connectivity index (χ0) is 9.38. The Bertz CT molecular complexity index is 361. The van der Waals surface area contributed by atoms with Crippen LogP contribution in [0.2, 0.25) is 0 Å². The fourth-order valence-corrected chi connectivity index (χ4v) is 2.55. The SMILES string of the molecule is C1=C(c2cccnc2)C[C@@H]2CNC[C@H]12.Cl. The largest absolute Gasteiger partial charge is 0.316 e. The summed E-state index contributed by atoms with van der Waals surface area (Å²) in [6.07, 6.45) is 7.47. The van der Waals surface area contributed by atoms with Crippen molar-refractivity contribution in [3.8, 4) is 0 Å². The van der Waals surface area contributed by atoms with Crippen molar-refractivity contribution in [1.82, 2.24) is 10.3 Å². The molecule has 0 radical (unpaired) electrons. The molecule has 2 heterocycles. The monoisotopic (exact) mass is 222 g/mol. The number of nitrogens with zero attached hydrogens (tertiary/aromatic N) is 1. The van der Waals surface area contributed by atoms with E-state index in [0.717, 1.165) is 18.4 Å². The second-order valence-electron chi connectivity index (χ2n) is 4.22. The molecular formula is C12H15ClN2. The van der Waals surface area contributed by atoms with Crippen LogP contribution in [-0.2, 0) is 0 Å². The summed E-state index contributed by atoms with van der Waals surface area (Å²) in [6.45, 7) is 2.35. The summed E-state index contributed by atoms with van der Waals surface area (Å²) in [4.78, 5) is 4.17. The van der Waals surface area contributed by atoms with Crippen molar-refractivity contribution in [1.29, 1.82) is 0 Å². The molecule has 0 aromatic carbocycles. The van der Waals surface area contributed by atoms with E-state index < -0.39 is 0 Å². The van der Waals surface area contributed by atoms with Gasteiger partial charge in [0, 0.05) is 18.9 Å². The number of pyridine rings is 1. The van der Waals surface area contributed by atoms with Crippen molar-refractivity contribution >= 4 is 18.0 Å². The molecule has 1 aliphatic heterocycles. The van der Waals surface area contributed by atoms with Crippen molar-refractivity contribution in [3.05, 3.63) is 36.2 Å². The van der Waals surface area contributed by atoms with Gasteiger partial charge in [-0.05, 0) is 42.0 Å². The van der Waals surface area contributed by atoms with Crippen molar-refractivity contribution in [3.63, 3.8) is 0 Å². The molecule has 0 unspecified atom stereocenters. The van der Waals surface area contributed by atoms with Gasteiger partial charge in [0.15, 0.2) is 0 Å². The van der Waals surface area contributed by atoms with Gasteiger partial charge in [0.1, 0.15) is 0 Å². The highest BCUT2D eigenvalue weighted by Crippen LogP contribution is 2.37. The topological polar surface area (TPSA) is 24.9 Å². The molecular weight excluding hydrogens is 208 g/mol. The van der Waals surface area contributed by atoms with Gasteiger partial charge in [0.05, 0.1) is 0 Å². The third-order valence-corrected chi connectivity index (χ3v) is 3.32. The van der Waals surface area contributed by atoms with Crippen molar-refractivity contribution in [2.75, 3.05) is 13.1 Å². The highest BCUT2D eigenvalue weighted by Gasteiger charge is 2.31. The molecule has 1 fully saturated rings. The molecule has 1 aromatic rings. The molecule has 2 aliphatic rings. The van der Waals surface area contributed by atoms with Crippen molar-refractivity contribution < 1.29 is 0 Å². The molecule has 0 bridgehead atoms. The highest BCUT2D eigenvalue weighted by molar-refractivity contribution is 5.85. The van der Waals surface area contributed by atoms with Crippen LogP contribution in [-0.4, -0.2) is 18.1 Å². The predicted molar refractivity (Wildman–Crippen MR) is 63.9 cm³/mol. The van der Waals surface area contributed by atoms with Crippen LogP contribution in [0.3, 0.4) is 0 Å². The van der Waals surface area contributed by atoms with Gasteiger partial charge in [0.2, 0.25) is 0 Å². The minimum atomic E-state index is 0. The summed E-state index contributed by atoms with van der Waals surface area (Å²) in [5.74, 6) is 1.61. The van der Waals surface area contributed by atoms with E-state index in [-0.39, 0.29) is 12.4 Å². The van der Waals surface area contributed by atoms with Crippen LogP contribution in [0.1, 0.15) is 12.0 Å². The number of hydrogen-bond donors (Lipinski definition) is 1. The van der Waals surface area contributed by atoms with Gasteiger partial charge < -0.3 is 5.32 Å². The van der Waals surface area contributed by atoms with Crippen LogP contribution in [0, 0.1) is 11.8 Å². The number of aromatic nitrogens is 1. The quantitative estimate of drug-likeness (QED) is 0.788. The maximum atomic E-state index is 4.17. The minimum Gasteiger partial charge on any atom is -0.316 e. The van der Waals surface area contributed by atoms with Crippen LogP contribution in [0.25, 0.3) is 5.57 Å². The maximum absolute atomic E-state index is 4.17. The number of rotatable bonds is 1. The van der Waals surface area contributed by atoms with Gasteiger partial charge in [-0.3, -0.25) is 4.98 Å². The summed E-state index contributed by atoms with van der Waals surface area (Å²) >= 11 is 0. The van der Waals surface area contributed by atoms with E-state index in [4.69, 9.17) is 0 Å². The first-order valence-corrected chi connectivity index (χ1v) is 5.25. The number of hydrogen-bond acceptors (Lipinski definition) is 2. The molecule has 3 rings (SSSR count). The molecule has 2 nitrogen and oxygen atoms in total. The Morgan fingerprint density at radius 2 is 2.27 bits per heavy atom. The second-order valence-corrected chi connectivity index (χ2v) is 4.22. The van der Waals surface area contributed by atoms with E-state index in [1.807, 2.05) is 18.5 Å². The van der Waals surface area contributed by atoms with Gasteiger partial charge in [-0.15, -0.1) is 12.4 Å². The molecule has 1 N–H and O–H groups in total. The number of allylic oxidation sites excluding steroid dienone is 1. The summed E-state index contributed by atoms with van der Waals surface area (Å²) in [5.41, 5.74) is 2.80.